The Morgan fingerprint density at radius 2 is 2.00 bits per heavy atom. The zero-order valence-electron chi connectivity index (χ0n) is 11.3. The lowest BCUT2D eigenvalue weighted by Gasteiger charge is -2.20. The van der Waals surface area contributed by atoms with Gasteiger partial charge in [-0.1, -0.05) is 11.6 Å². The van der Waals surface area contributed by atoms with Crippen LogP contribution in [0.2, 0.25) is 5.02 Å². The summed E-state index contributed by atoms with van der Waals surface area (Å²) in [5, 5.41) is 3.93. The van der Waals surface area contributed by atoms with Crippen molar-refractivity contribution in [3.63, 3.8) is 0 Å². The van der Waals surface area contributed by atoms with Crippen molar-refractivity contribution >= 4 is 17.6 Å². The highest BCUT2D eigenvalue weighted by Gasteiger charge is 2.06. The molecule has 1 atom stereocenters. The van der Waals surface area contributed by atoms with Crippen LogP contribution in [0.25, 0.3) is 0 Å². The summed E-state index contributed by atoms with van der Waals surface area (Å²) in [4.78, 5) is 6.06. The third-order valence-corrected chi connectivity index (χ3v) is 2.59. The second-order valence-electron chi connectivity index (χ2n) is 4.20. The molecule has 0 aliphatic carbocycles. The molecule has 0 saturated carbocycles. The number of aliphatic imine (C=N–C) groups is 1. The zero-order chi connectivity index (χ0) is 13.5. The van der Waals surface area contributed by atoms with Gasteiger partial charge in [-0.25, -0.2) is 0 Å². The zero-order valence-corrected chi connectivity index (χ0v) is 12.0. The maximum absolute atomic E-state index is 5.82. The molecule has 0 saturated heterocycles. The molecule has 1 aromatic carbocycles. The molecule has 0 aromatic heterocycles. The molecule has 0 heterocycles. The molecule has 5 heteroatoms. The number of guanidine groups is 1. The quantitative estimate of drug-likeness (QED) is 0.673. The lowest BCUT2D eigenvalue weighted by atomic mass is 10.3. The lowest BCUT2D eigenvalue weighted by molar-refractivity contribution is 0.223. The standard InChI is InChI=1S/C13H20ClN3O/c1-10(9-16-13(15-2)17(3)4)18-12-7-5-11(14)6-8-12/h5-8,10H,9H2,1-4H3,(H,15,16). The van der Waals surface area contributed by atoms with E-state index in [2.05, 4.69) is 10.3 Å². The molecule has 0 bridgehead atoms. The maximum Gasteiger partial charge on any atom is 0.193 e. The first kappa shape index (κ1) is 14.6. The van der Waals surface area contributed by atoms with Crippen LogP contribution in [0.15, 0.2) is 29.3 Å². The Bertz CT molecular complexity index is 390. The van der Waals surface area contributed by atoms with Crippen LogP contribution < -0.4 is 10.1 Å². The molecule has 1 N–H and O–H groups in total. The number of benzene rings is 1. The normalized spacial score (nSPS) is 13.1. The van der Waals surface area contributed by atoms with Crippen LogP contribution in [-0.4, -0.2) is 44.7 Å². The Labute approximate surface area is 114 Å². The third kappa shape index (κ3) is 4.84. The molecule has 1 unspecified atom stereocenters. The van der Waals surface area contributed by atoms with Gasteiger partial charge in [-0.2, -0.15) is 0 Å². The van der Waals surface area contributed by atoms with Crippen molar-refractivity contribution in [3.8, 4) is 5.75 Å². The molecule has 100 valence electrons. The Hall–Kier alpha value is -1.42. The highest BCUT2D eigenvalue weighted by atomic mass is 35.5. The lowest BCUT2D eigenvalue weighted by Crippen LogP contribution is -2.41. The van der Waals surface area contributed by atoms with Crippen LogP contribution in [0, 0.1) is 0 Å². The number of hydrogen-bond acceptors (Lipinski definition) is 2. The summed E-state index contributed by atoms with van der Waals surface area (Å²) in [5.41, 5.74) is 0. The van der Waals surface area contributed by atoms with Crippen molar-refractivity contribution < 1.29 is 4.74 Å². The van der Waals surface area contributed by atoms with E-state index in [1.54, 1.807) is 7.05 Å². The monoisotopic (exact) mass is 269 g/mol. The van der Waals surface area contributed by atoms with E-state index in [0.29, 0.717) is 11.6 Å². The molecule has 1 rings (SSSR count). The minimum atomic E-state index is 0.0443. The van der Waals surface area contributed by atoms with Crippen LogP contribution in [0.4, 0.5) is 0 Å². The minimum Gasteiger partial charge on any atom is -0.489 e. The van der Waals surface area contributed by atoms with Gasteiger partial charge in [0.1, 0.15) is 11.9 Å². The largest absolute Gasteiger partial charge is 0.489 e. The number of hydrogen-bond donors (Lipinski definition) is 1. The van der Waals surface area contributed by atoms with E-state index >= 15 is 0 Å². The van der Waals surface area contributed by atoms with Crippen LogP contribution in [0.1, 0.15) is 6.92 Å². The Balaban J connectivity index is 2.42. The van der Waals surface area contributed by atoms with Gasteiger partial charge in [0.15, 0.2) is 5.96 Å². The number of halogens is 1. The van der Waals surface area contributed by atoms with Crippen LogP contribution in [-0.2, 0) is 0 Å². The first-order valence-electron chi connectivity index (χ1n) is 5.83. The Kier molecular flexibility index (Phi) is 5.78. The average molecular weight is 270 g/mol. The summed E-state index contributed by atoms with van der Waals surface area (Å²) in [6, 6.07) is 7.35. The van der Waals surface area contributed by atoms with Gasteiger partial charge in [0, 0.05) is 26.2 Å². The predicted octanol–water partition coefficient (Wildman–Crippen LogP) is 2.24. The van der Waals surface area contributed by atoms with Gasteiger partial charge < -0.3 is 15.0 Å². The molecule has 0 aliphatic heterocycles. The Morgan fingerprint density at radius 1 is 1.39 bits per heavy atom. The van der Waals surface area contributed by atoms with Crippen molar-refractivity contribution in [2.24, 2.45) is 4.99 Å². The predicted molar refractivity (Wildman–Crippen MR) is 76.6 cm³/mol. The molecule has 0 amide bonds. The third-order valence-electron chi connectivity index (χ3n) is 2.33. The molecule has 4 nitrogen and oxygen atoms in total. The first-order valence-corrected chi connectivity index (χ1v) is 6.21. The van der Waals surface area contributed by atoms with Crippen LogP contribution in [0.3, 0.4) is 0 Å². The highest BCUT2D eigenvalue weighted by Crippen LogP contribution is 2.16. The molecular formula is C13H20ClN3O. The van der Waals surface area contributed by atoms with Crippen LogP contribution in [0.5, 0.6) is 5.75 Å². The van der Waals surface area contributed by atoms with Crippen molar-refractivity contribution in [2.75, 3.05) is 27.7 Å². The summed E-state index contributed by atoms with van der Waals surface area (Å²) in [7, 11) is 5.65. The van der Waals surface area contributed by atoms with E-state index in [1.165, 1.54) is 0 Å². The number of rotatable bonds is 4. The number of nitrogens with zero attached hydrogens (tertiary/aromatic N) is 2. The summed E-state index contributed by atoms with van der Waals surface area (Å²) < 4.78 is 5.75. The van der Waals surface area contributed by atoms with E-state index in [-0.39, 0.29) is 6.10 Å². The average Bonchev–Trinajstić information content (AvgIpc) is 2.32. The smallest absolute Gasteiger partial charge is 0.193 e. The topological polar surface area (TPSA) is 36.9 Å². The van der Waals surface area contributed by atoms with E-state index in [1.807, 2.05) is 50.2 Å². The highest BCUT2D eigenvalue weighted by molar-refractivity contribution is 6.30. The van der Waals surface area contributed by atoms with Gasteiger partial charge in [0.25, 0.3) is 0 Å². The summed E-state index contributed by atoms with van der Waals surface area (Å²) in [6.07, 6.45) is 0.0443. The second kappa shape index (κ2) is 7.11. The van der Waals surface area contributed by atoms with Gasteiger partial charge >= 0.3 is 0 Å². The maximum atomic E-state index is 5.82. The van der Waals surface area contributed by atoms with Gasteiger partial charge in [-0.3, -0.25) is 4.99 Å². The molecule has 1 aromatic rings. The van der Waals surface area contributed by atoms with Crippen molar-refractivity contribution in [2.45, 2.75) is 13.0 Å². The fraction of sp³-hybridized carbons (Fsp3) is 0.462. The van der Waals surface area contributed by atoms with Crippen molar-refractivity contribution in [3.05, 3.63) is 29.3 Å². The van der Waals surface area contributed by atoms with E-state index in [9.17, 15) is 0 Å². The molecule has 0 radical (unpaired) electrons. The van der Waals surface area contributed by atoms with Gasteiger partial charge in [-0.15, -0.1) is 0 Å². The van der Waals surface area contributed by atoms with E-state index < -0.39 is 0 Å². The molecule has 18 heavy (non-hydrogen) atoms. The minimum absolute atomic E-state index is 0.0443. The number of nitrogens with one attached hydrogen (secondary N) is 1. The molecule has 0 spiro atoms. The second-order valence-corrected chi connectivity index (χ2v) is 4.64. The fourth-order valence-electron chi connectivity index (χ4n) is 1.46. The van der Waals surface area contributed by atoms with Gasteiger partial charge in [0.05, 0.1) is 6.54 Å². The fourth-order valence-corrected chi connectivity index (χ4v) is 1.59. The van der Waals surface area contributed by atoms with Crippen molar-refractivity contribution in [1.82, 2.24) is 10.2 Å². The molecule has 0 fully saturated rings. The van der Waals surface area contributed by atoms with E-state index in [0.717, 1.165) is 11.7 Å². The SMILES string of the molecule is CN=C(NCC(C)Oc1ccc(Cl)cc1)N(C)C. The van der Waals surface area contributed by atoms with Gasteiger partial charge in [0.2, 0.25) is 0 Å². The summed E-state index contributed by atoms with van der Waals surface area (Å²) >= 11 is 5.82. The van der Waals surface area contributed by atoms with Gasteiger partial charge in [-0.05, 0) is 31.2 Å². The first-order chi connectivity index (χ1) is 8.52. The molecular weight excluding hydrogens is 250 g/mol. The summed E-state index contributed by atoms with van der Waals surface area (Å²) in [5.74, 6) is 1.65. The Morgan fingerprint density at radius 3 is 2.50 bits per heavy atom. The van der Waals surface area contributed by atoms with Crippen LogP contribution >= 0.6 is 11.6 Å². The van der Waals surface area contributed by atoms with E-state index in [4.69, 9.17) is 16.3 Å². The molecule has 0 aliphatic rings. The number of ether oxygens (including phenoxy) is 1. The van der Waals surface area contributed by atoms with Crippen molar-refractivity contribution in [1.29, 1.82) is 0 Å². The summed E-state index contributed by atoms with van der Waals surface area (Å²) in [6.45, 7) is 2.69.